The van der Waals surface area contributed by atoms with Gasteiger partial charge in [0.2, 0.25) is 0 Å². The van der Waals surface area contributed by atoms with E-state index in [1.54, 1.807) is 4.90 Å². The largest absolute Gasteiger partial charge is 0.444 e. The van der Waals surface area contributed by atoms with Gasteiger partial charge in [-0.15, -0.1) is 0 Å². The average molecular weight is 281 g/mol. The molecule has 1 saturated heterocycles. The molecule has 0 aromatic carbocycles. The van der Waals surface area contributed by atoms with Crippen LogP contribution in [-0.2, 0) is 4.74 Å². The molecule has 1 fully saturated rings. The van der Waals surface area contributed by atoms with Crippen LogP contribution in [0.2, 0.25) is 0 Å². The van der Waals surface area contributed by atoms with Crippen LogP contribution in [0.5, 0.6) is 0 Å². The zero-order valence-electron chi connectivity index (χ0n) is 13.3. The monoisotopic (exact) mass is 281 g/mol. The fraction of sp³-hybridized carbons (Fsp3) is 0.867. The van der Waals surface area contributed by atoms with Crippen LogP contribution in [0, 0.1) is 16.7 Å². The molecule has 5 nitrogen and oxygen atoms in total. The van der Waals surface area contributed by atoms with Crippen LogP contribution in [0.4, 0.5) is 4.79 Å². The molecule has 5 heteroatoms. The van der Waals surface area contributed by atoms with Gasteiger partial charge in [-0.3, -0.25) is 0 Å². The summed E-state index contributed by atoms with van der Waals surface area (Å²) in [6, 6.07) is 2.66. The number of likely N-dealkylation sites (tertiary alicyclic amines) is 1. The van der Waals surface area contributed by atoms with Crippen molar-refractivity contribution >= 4 is 6.09 Å². The maximum atomic E-state index is 11.9. The Kier molecular flexibility index (Phi) is 5.41. The zero-order chi connectivity index (χ0) is 15.4. The molecule has 0 bridgehead atoms. The Morgan fingerprint density at radius 2 is 1.85 bits per heavy atom. The van der Waals surface area contributed by atoms with Crippen molar-refractivity contribution in [2.24, 2.45) is 5.41 Å². The van der Waals surface area contributed by atoms with Gasteiger partial charge < -0.3 is 15.0 Å². The number of ether oxygens (including phenoxy) is 1. The standard InChI is InChI=1S/C15H27N3O2/c1-14(2,3)20-13(19)18-8-6-12(7-9-18)17-11-15(4,5)10-16/h12,17H,6-9,11H2,1-5H3. The van der Waals surface area contributed by atoms with E-state index in [2.05, 4.69) is 11.4 Å². The smallest absolute Gasteiger partial charge is 0.410 e. The number of hydrogen-bond acceptors (Lipinski definition) is 4. The fourth-order valence-corrected chi connectivity index (χ4v) is 2.03. The van der Waals surface area contributed by atoms with Crippen LogP contribution in [-0.4, -0.2) is 42.3 Å². The summed E-state index contributed by atoms with van der Waals surface area (Å²) < 4.78 is 5.37. The van der Waals surface area contributed by atoms with Crippen LogP contribution < -0.4 is 5.32 Å². The van der Waals surface area contributed by atoms with Gasteiger partial charge in [0.05, 0.1) is 11.5 Å². The van der Waals surface area contributed by atoms with Crippen molar-refractivity contribution < 1.29 is 9.53 Å². The van der Waals surface area contributed by atoms with E-state index in [0.717, 1.165) is 12.8 Å². The first-order valence-electron chi connectivity index (χ1n) is 7.25. The third-order valence-corrected chi connectivity index (χ3v) is 3.28. The molecule has 0 saturated carbocycles. The van der Waals surface area contributed by atoms with Gasteiger partial charge in [-0.1, -0.05) is 0 Å². The number of carbonyl (C=O) groups is 1. The first kappa shape index (κ1) is 16.8. The van der Waals surface area contributed by atoms with Crippen molar-refractivity contribution in [3.63, 3.8) is 0 Å². The van der Waals surface area contributed by atoms with Gasteiger partial charge in [0.1, 0.15) is 5.60 Å². The minimum Gasteiger partial charge on any atom is -0.444 e. The number of carbonyl (C=O) groups excluding carboxylic acids is 1. The van der Waals surface area contributed by atoms with Crippen molar-refractivity contribution in [3.05, 3.63) is 0 Å². The molecule has 0 unspecified atom stereocenters. The van der Waals surface area contributed by atoms with Crippen LogP contribution in [0.1, 0.15) is 47.5 Å². The van der Waals surface area contributed by atoms with E-state index in [1.807, 2.05) is 34.6 Å². The fourth-order valence-electron chi connectivity index (χ4n) is 2.03. The summed E-state index contributed by atoms with van der Waals surface area (Å²) in [5.74, 6) is 0. The van der Waals surface area contributed by atoms with Crippen molar-refractivity contribution in [1.29, 1.82) is 5.26 Å². The summed E-state index contributed by atoms with van der Waals surface area (Å²) >= 11 is 0. The molecule has 0 atom stereocenters. The Bertz CT molecular complexity index is 372. The molecule has 0 radical (unpaired) electrons. The van der Waals surface area contributed by atoms with Crippen LogP contribution in [0.15, 0.2) is 0 Å². The Hall–Kier alpha value is -1.28. The normalized spacial score (nSPS) is 17.7. The molecule has 1 N–H and O–H groups in total. The number of piperidine rings is 1. The molecule has 1 rings (SSSR count). The lowest BCUT2D eigenvalue weighted by atomic mass is 9.94. The highest BCUT2D eigenvalue weighted by Gasteiger charge is 2.27. The van der Waals surface area contributed by atoms with Crippen LogP contribution in [0.25, 0.3) is 0 Å². The lowest BCUT2D eigenvalue weighted by molar-refractivity contribution is 0.0197. The highest BCUT2D eigenvalue weighted by molar-refractivity contribution is 5.68. The summed E-state index contributed by atoms with van der Waals surface area (Å²) in [6.45, 7) is 11.6. The predicted octanol–water partition coefficient (Wildman–Crippen LogP) is 2.53. The minimum absolute atomic E-state index is 0.228. The Morgan fingerprint density at radius 1 is 1.30 bits per heavy atom. The molecule has 114 valence electrons. The second-order valence-corrected chi connectivity index (χ2v) is 7.12. The quantitative estimate of drug-likeness (QED) is 0.863. The maximum Gasteiger partial charge on any atom is 0.410 e. The lowest BCUT2D eigenvalue weighted by Crippen LogP contribution is -2.47. The number of nitriles is 1. The molecule has 20 heavy (non-hydrogen) atoms. The number of hydrogen-bond donors (Lipinski definition) is 1. The average Bonchev–Trinajstić information content (AvgIpc) is 2.35. The molecule has 0 aliphatic carbocycles. The molecular weight excluding hydrogens is 254 g/mol. The zero-order valence-corrected chi connectivity index (χ0v) is 13.3. The van der Waals surface area contributed by atoms with Crippen molar-refractivity contribution in [2.75, 3.05) is 19.6 Å². The van der Waals surface area contributed by atoms with E-state index < -0.39 is 5.60 Å². The Morgan fingerprint density at radius 3 is 2.30 bits per heavy atom. The van der Waals surface area contributed by atoms with Crippen molar-refractivity contribution in [2.45, 2.75) is 59.1 Å². The minimum atomic E-state index is -0.441. The van der Waals surface area contributed by atoms with E-state index in [4.69, 9.17) is 10.00 Å². The van der Waals surface area contributed by atoms with Crippen LogP contribution >= 0.6 is 0 Å². The van der Waals surface area contributed by atoms with Gasteiger partial charge in [-0.25, -0.2) is 4.79 Å². The van der Waals surface area contributed by atoms with Crippen molar-refractivity contribution in [3.8, 4) is 6.07 Å². The Labute approximate surface area is 122 Å². The molecule has 1 aliphatic rings. The lowest BCUT2D eigenvalue weighted by Gasteiger charge is -2.34. The van der Waals surface area contributed by atoms with Crippen LogP contribution in [0.3, 0.4) is 0 Å². The van der Waals surface area contributed by atoms with Gasteiger partial charge in [0.15, 0.2) is 0 Å². The van der Waals surface area contributed by atoms with E-state index in [0.29, 0.717) is 25.7 Å². The second-order valence-electron chi connectivity index (χ2n) is 7.12. The van der Waals surface area contributed by atoms with E-state index >= 15 is 0 Å². The van der Waals surface area contributed by atoms with Gasteiger partial charge >= 0.3 is 6.09 Å². The Balaban J connectivity index is 2.34. The van der Waals surface area contributed by atoms with Gasteiger partial charge in [-0.05, 0) is 47.5 Å². The highest BCUT2D eigenvalue weighted by Crippen LogP contribution is 2.17. The second kappa shape index (κ2) is 6.45. The number of rotatable bonds is 3. The summed E-state index contributed by atoms with van der Waals surface area (Å²) in [7, 11) is 0. The highest BCUT2D eigenvalue weighted by atomic mass is 16.6. The van der Waals surface area contributed by atoms with Gasteiger partial charge in [-0.2, -0.15) is 5.26 Å². The molecule has 1 heterocycles. The topological polar surface area (TPSA) is 65.4 Å². The summed E-state index contributed by atoms with van der Waals surface area (Å²) in [4.78, 5) is 13.7. The summed E-state index contributed by atoms with van der Waals surface area (Å²) in [5.41, 5.74) is -0.786. The van der Waals surface area contributed by atoms with Gasteiger partial charge in [0, 0.05) is 25.7 Å². The first-order valence-corrected chi connectivity index (χ1v) is 7.25. The number of nitrogens with one attached hydrogen (secondary N) is 1. The first-order chi connectivity index (χ1) is 9.13. The third-order valence-electron chi connectivity index (χ3n) is 3.28. The molecule has 0 spiro atoms. The summed E-state index contributed by atoms with van der Waals surface area (Å²) in [5, 5.41) is 12.4. The SMILES string of the molecule is CC(C)(C#N)CNC1CCN(C(=O)OC(C)(C)C)CC1. The van der Waals surface area contributed by atoms with E-state index in [9.17, 15) is 4.79 Å². The predicted molar refractivity (Wildman–Crippen MR) is 78.2 cm³/mol. The molecule has 1 amide bonds. The number of nitrogens with zero attached hydrogens (tertiary/aromatic N) is 2. The molecular formula is C15H27N3O2. The molecule has 0 aromatic heterocycles. The maximum absolute atomic E-state index is 11.9. The van der Waals surface area contributed by atoms with Crippen molar-refractivity contribution in [1.82, 2.24) is 10.2 Å². The third kappa shape index (κ3) is 5.79. The van der Waals surface area contributed by atoms with E-state index in [1.165, 1.54) is 0 Å². The number of amides is 1. The molecule has 0 aromatic rings. The molecule has 1 aliphatic heterocycles. The van der Waals surface area contributed by atoms with E-state index in [-0.39, 0.29) is 11.5 Å². The summed E-state index contributed by atoms with van der Waals surface area (Å²) in [6.07, 6.45) is 1.58. The van der Waals surface area contributed by atoms with Gasteiger partial charge in [0.25, 0.3) is 0 Å².